The van der Waals surface area contributed by atoms with Crippen molar-refractivity contribution in [3.63, 3.8) is 0 Å². The van der Waals surface area contributed by atoms with Crippen LogP contribution in [0.5, 0.6) is 0 Å². The molecule has 0 radical (unpaired) electrons. The Hall–Kier alpha value is -0.120. The van der Waals surface area contributed by atoms with E-state index in [-0.39, 0.29) is 0 Å². The molecule has 3 aliphatic rings. The predicted molar refractivity (Wildman–Crippen MR) is 78.3 cm³/mol. The van der Waals surface area contributed by atoms with Crippen molar-refractivity contribution in [2.45, 2.75) is 58.0 Å². The third-order valence-corrected chi connectivity index (χ3v) is 5.31. The normalized spacial score (nSPS) is 40.7. The number of nitrogens with one attached hydrogen (secondary N) is 1. The minimum Gasteiger partial charge on any atom is -0.381 e. The molecule has 1 aliphatic carbocycles. The van der Waals surface area contributed by atoms with Crippen LogP contribution in [0.15, 0.2) is 0 Å². The van der Waals surface area contributed by atoms with Crippen LogP contribution in [0.3, 0.4) is 0 Å². The van der Waals surface area contributed by atoms with Gasteiger partial charge in [-0.2, -0.15) is 0 Å². The molecule has 3 heteroatoms. The molecule has 0 spiro atoms. The zero-order chi connectivity index (χ0) is 13.3. The number of rotatable bonds is 5. The van der Waals surface area contributed by atoms with Gasteiger partial charge in [-0.25, -0.2) is 0 Å². The molecule has 3 atom stereocenters. The Kier molecular flexibility index (Phi) is 4.16. The van der Waals surface area contributed by atoms with E-state index < -0.39 is 0 Å². The Morgan fingerprint density at radius 3 is 2.74 bits per heavy atom. The molecule has 0 bridgehead atoms. The van der Waals surface area contributed by atoms with Gasteiger partial charge in [0.2, 0.25) is 0 Å². The van der Waals surface area contributed by atoms with E-state index >= 15 is 0 Å². The summed E-state index contributed by atoms with van der Waals surface area (Å²) in [6.07, 6.45) is 6.78. The molecule has 3 fully saturated rings. The fraction of sp³-hybridized carbons (Fsp3) is 1.00. The third-order valence-electron chi connectivity index (χ3n) is 5.31. The van der Waals surface area contributed by atoms with Crippen molar-refractivity contribution in [2.24, 2.45) is 11.3 Å². The standard InChI is InChI=1S/C16H30N2O/c1-13-3-4-14(2)18(9-13)11-16(7-8-19-12-16)10-17-15-5-6-15/h13-15,17H,3-12H2,1-2H3. The van der Waals surface area contributed by atoms with E-state index in [0.717, 1.165) is 37.8 Å². The lowest BCUT2D eigenvalue weighted by Crippen LogP contribution is -2.50. The number of nitrogens with zero attached hydrogens (tertiary/aromatic N) is 1. The summed E-state index contributed by atoms with van der Waals surface area (Å²) in [6.45, 7) is 10.4. The minimum absolute atomic E-state index is 0.383. The molecule has 0 amide bonds. The molecule has 3 unspecified atom stereocenters. The molecule has 0 aromatic heterocycles. The zero-order valence-corrected chi connectivity index (χ0v) is 12.7. The summed E-state index contributed by atoms with van der Waals surface area (Å²) in [6, 6.07) is 1.57. The summed E-state index contributed by atoms with van der Waals surface area (Å²) >= 11 is 0. The van der Waals surface area contributed by atoms with Gasteiger partial charge in [-0.1, -0.05) is 6.92 Å². The second kappa shape index (κ2) is 5.71. The second-order valence-electron chi connectivity index (χ2n) is 7.42. The predicted octanol–water partition coefficient (Wildman–Crippen LogP) is 2.27. The SMILES string of the molecule is CC1CCC(C)N(CC2(CNC3CC3)CCOC2)C1. The highest BCUT2D eigenvalue weighted by Crippen LogP contribution is 2.33. The lowest BCUT2D eigenvalue weighted by atomic mass is 9.84. The number of likely N-dealkylation sites (tertiary alicyclic amines) is 1. The highest BCUT2D eigenvalue weighted by atomic mass is 16.5. The first kappa shape index (κ1) is 13.8. The Bertz CT molecular complexity index is 297. The number of hydrogen-bond donors (Lipinski definition) is 1. The number of ether oxygens (including phenoxy) is 1. The topological polar surface area (TPSA) is 24.5 Å². The maximum atomic E-state index is 5.75. The molecule has 2 saturated heterocycles. The van der Waals surface area contributed by atoms with Crippen LogP contribution in [-0.2, 0) is 4.74 Å². The Balaban J connectivity index is 1.59. The van der Waals surface area contributed by atoms with Crippen LogP contribution in [0.1, 0.15) is 46.0 Å². The van der Waals surface area contributed by atoms with Crippen molar-refractivity contribution < 1.29 is 4.74 Å². The number of hydrogen-bond acceptors (Lipinski definition) is 3. The molecule has 2 heterocycles. The second-order valence-corrected chi connectivity index (χ2v) is 7.42. The van der Waals surface area contributed by atoms with Crippen molar-refractivity contribution in [1.82, 2.24) is 10.2 Å². The van der Waals surface area contributed by atoms with E-state index in [4.69, 9.17) is 4.74 Å². The van der Waals surface area contributed by atoms with Gasteiger partial charge in [0.05, 0.1) is 6.61 Å². The summed E-state index contributed by atoms with van der Waals surface area (Å²) in [5, 5.41) is 3.75. The Labute approximate surface area is 118 Å². The van der Waals surface area contributed by atoms with Crippen molar-refractivity contribution >= 4 is 0 Å². The zero-order valence-electron chi connectivity index (χ0n) is 12.7. The maximum Gasteiger partial charge on any atom is 0.0547 e. The van der Waals surface area contributed by atoms with Crippen LogP contribution >= 0.6 is 0 Å². The molecule has 110 valence electrons. The lowest BCUT2D eigenvalue weighted by molar-refractivity contribution is 0.0552. The smallest absolute Gasteiger partial charge is 0.0547 e. The third kappa shape index (κ3) is 3.50. The van der Waals surface area contributed by atoms with E-state index in [1.165, 1.54) is 45.2 Å². The first-order valence-electron chi connectivity index (χ1n) is 8.22. The number of piperidine rings is 1. The van der Waals surface area contributed by atoms with E-state index in [0.29, 0.717) is 5.41 Å². The van der Waals surface area contributed by atoms with Gasteiger partial charge in [-0.3, -0.25) is 4.90 Å². The van der Waals surface area contributed by atoms with Crippen LogP contribution in [-0.4, -0.2) is 49.8 Å². The monoisotopic (exact) mass is 266 g/mol. The van der Waals surface area contributed by atoms with Gasteiger partial charge in [-0.05, 0) is 44.9 Å². The molecule has 2 aliphatic heterocycles. The van der Waals surface area contributed by atoms with E-state index in [9.17, 15) is 0 Å². The van der Waals surface area contributed by atoms with Gasteiger partial charge in [0.15, 0.2) is 0 Å². The lowest BCUT2D eigenvalue weighted by Gasteiger charge is -2.42. The van der Waals surface area contributed by atoms with Crippen molar-refractivity contribution in [3.05, 3.63) is 0 Å². The molecule has 3 nitrogen and oxygen atoms in total. The summed E-state index contributed by atoms with van der Waals surface area (Å²) in [5.41, 5.74) is 0.383. The van der Waals surface area contributed by atoms with E-state index in [2.05, 4.69) is 24.1 Å². The largest absolute Gasteiger partial charge is 0.381 e. The van der Waals surface area contributed by atoms with Crippen LogP contribution < -0.4 is 5.32 Å². The van der Waals surface area contributed by atoms with Crippen LogP contribution in [0.25, 0.3) is 0 Å². The van der Waals surface area contributed by atoms with Crippen LogP contribution in [0.4, 0.5) is 0 Å². The van der Waals surface area contributed by atoms with Gasteiger partial charge in [0.1, 0.15) is 0 Å². The fourth-order valence-corrected chi connectivity index (χ4v) is 3.65. The first-order chi connectivity index (χ1) is 9.17. The molecule has 0 aromatic rings. The maximum absolute atomic E-state index is 5.75. The highest BCUT2D eigenvalue weighted by Gasteiger charge is 2.39. The average Bonchev–Trinajstić information content (AvgIpc) is 3.12. The fourth-order valence-electron chi connectivity index (χ4n) is 3.65. The molecule has 3 rings (SSSR count). The molecule has 1 N–H and O–H groups in total. The van der Waals surface area contributed by atoms with E-state index in [1.54, 1.807) is 0 Å². The minimum atomic E-state index is 0.383. The molecular weight excluding hydrogens is 236 g/mol. The first-order valence-corrected chi connectivity index (χ1v) is 8.22. The average molecular weight is 266 g/mol. The van der Waals surface area contributed by atoms with Crippen molar-refractivity contribution in [2.75, 3.05) is 32.8 Å². The van der Waals surface area contributed by atoms with Crippen molar-refractivity contribution in [3.8, 4) is 0 Å². The van der Waals surface area contributed by atoms with Crippen LogP contribution in [0.2, 0.25) is 0 Å². The van der Waals surface area contributed by atoms with Gasteiger partial charge >= 0.3 is 0 Å². The van der Waals surface area contributed by atoms with Gasteiger partial charge in [-0.15, -0.1) is 0 Å². The quantitative estimate of drug-likeness (QED) is 0.826. The Morgan fingerprint density at radius 1 is 1.21 bits per heavy atom. The molecule has 0 aromatic carbocycles. The molecule has 1 saturated carbocycles. The van der Waals surface area contributed by atoms with Gasteiger partial charge in [0, 0.05) is 43.7 Å². The summed E-state index contributed by atoms with van der Waals surface area (Å²) < 4.78 is 5.75. The highest BCUT2D eigenvalue weighted by molar-refractivity contribution is 4.93. The van der Waals surface area contributed by atoms with Crippen LogP contribution in [0, 0.1) is 11.3 Å². The van der Waals surface area contributed by atoms with Gasteiger partial charge in [0.25, 0.3) is 0 Å². The van der Waals surface area contributed by atoms with Crippen molar-refractivity contribution in [1.29, 1.82) is 0 Å². The summed E-state index contributed by atoms with van der Waals surface area (Å²) in [4.78, 5) is 2.73. The molecule has 19 heavy (non-hydrogen) atoms. The Morgan fingerprint density at radius 2 is 2.05 bits per heavy atom. The summed E-state index contributed by atoms with van der Waals surface area (Å²) in [5.74, 6) is 0.868. The van der Waals surface area contributed by atoms with Gasteiger partial charge < -0.3 is 10.1 Å². The van der Waals surface area contributed by atoms with E-state index in [1.807, 2.05) is 0 Å². The summed E-state index contributed by atoms with van der Waals surface area (Å²) in [7, 11) is 0. The molecular formula is C16H30N2O.